The number of sulfonamides is 1. The number of amides is 2. The van der Waals surface area contributed by atoms with Crippen LogP contribution in [0.3, 0.4) is 0 Å². The van der Waals surface area contributed by atoms with Crippen molar-refractivity contribution in [3.05, 3.63) is 36.1 Å². The van der Waals surface area contributed by atoms with Gasteiger partial charge in [-0.05, 0) is 31.9 Å². The molecule has 2 heterocycles. The topological polar surface area (TPSA) is 91.7 Å². The molecular formula is C17H23N3O4S. The Morgan fingerprint density at radius 1 is 1.28 bits per heavy atom. The van der Waals surface area contributed by atoms with Gasteiger partial charge in [0.25, 0.3) is 0 Å². The predicted molar refractivity (Wildman–Crippen MR) is 95.7 cm³/mol. The minimum absolute atomic E-state index is 0.0270. The number of fused-ring (bicyclic) bond motifs is 1. The van der Waals surface area contributed by atoms with Crippen molar-refractivity contribution in [3.63, 3.8) is 0 Å². The van der Waals surface area contributed by atoms with Crippen LogP contribution in [0, 0.1) is 0 Å². The van der Waals surface area contributed by atoms with Crippen molar-refractivity contribution >= 4 is 27.0 Å². The minimum Gasteiger partial charge on any atom is -0.459 e. The molecule has 1 aliphatic heterocycles. The maximum atomic E-state index is 12.2. The number of para-hydroxylation sites is 1. The highest BCUT2D eigenvalue weighted by Crippen LogP contribution is 2.23. The Labute approximate surface area is 147 Å². The van der Waals surface area contributed by atoms with Gasteiger partial charge in [0.15, 0.2) is 0 Å². The molecular weight excluding hydrogens is 342 g/mol. The van der Waals surface area contributed by atoms with E-state index in [1.54, 1.807) is 0 Å². The first-order chi connectivity index (χ1) is 11.8. The Morgan fingerprint density at radius 2 is 1.96 bits per heavy atom. The Hall–Kier alpha value is -2.06. The SMILES string of the molecule is C[C@@H](NC(=O)NC1CCN(S(C)(=O)=O)CC1)c1cc2ccccc2o1. The maximum Gasteiger partial charge on any atom is 0.315 e. The summed E-state index contributed by atoms with van der Waals surface area (Å²) < 4.78 is 30.2. The second-order valence-corrected chi connectivity index (χ2v) is 8.44. The van der Waals surface area contributed by atoms with Crippen LogP contribution in [-0.2, 0) is 10.0 Å². The second kappa shape index (κ2) is 7.05. The van der Waals surface area contributed by atoms with Gasteiger partial charge in [-0.25, -0.2) is 17.5 Å². The van der Waals surface area contributed by atoms with Gasteiger partial charge in [0.2, 0.25) is 10.0 Å². The van der Waals surface area contributed by atoms with Gasteiger partial charge >= 0.3 is 6.03 Å². The molecule has 2 amide bonds. The Morgan fingerprint density at radius 3 is 2.60 bits per heavy atom. The van der Waals surface area contributed by atoms with Gasteiger partial charge in [0, 0.05) is 24.5 Å². The Kier molecular flexibility index (Phi) is 5.01. The second-order valence-electron chi connectivity index (χ2n) is 6.46. The fourth-order valence-corrected chi connectivity index (χ4v) is 3.92. The highest BCUT2D eigenvalue weighted by atomic mass is 32.2. The van der Waals surface area contributed by atoms with Crippen molar-refractivity contribution < 1.29 is 17.6 Å². The molecule has 0 unspecified atom stereocenters. The molecule has 1 aromatic carbocycles. The van der Waals surface area contributed by atoms with Crippen molar-refractivity contribution in [2.24, 2.45) is 0 Å². The number of piperidine rings is 1. The molecule has 1 saturated heterocycles. The van der Waals surface area contributed by atoms with Gasteiger partial charge in [-0.15, -0.1) is 0 Å². The number of nitrogens with one attached hydrogen (secondary N) is 2. The summed E-state index contributed by atoms with van der Waals surface area (Å²) in [5.41, 5.74) is 0.791. The molecule has 3 rings (SSSR count). The summed E-state index contributed by atoms with van der Waals surface area (Å²) in [7, 11) is -3.15. The van der Waals surface area contributed by atoms with Crippen LogP contribution >= 0.6 is 0 Å². The first-order valence-electron chi connectivity index (χ1n) is 8.33. The number of hydrogen-bond donors (Lipinski definition) is 2. The molecule has 0 aliphatic carbocycles. The van der Waals surface area contributed by atoms with Crippen molar-refractivity contribution in [2.45, 2.75) is 31.8 Å². The maximum absolute atomic E-state index is 12.2. The lowest BCUT2D eigenvalue weighted by molar-refractivity contribution is 0.223. The van der Waals surface area contributed by atoms with E-state index in [9.17, 15) is 13.2 Å². The van der Waals surface area contributed by atoms with E-state index in [-0.39, 0.29) is 18.1 Å². The van der Waals surface area contributed by atoms with Gasteiger partial charge in [-0.2, -0.15) is 0 Å². The van der Waals surface area contributed by atoms with E-state index < -0.39 is 10.0 Å². The number of hydrogen-bond acceptors (Lipinski definition) is 4. The monoisotopic (exact) mass is 365 g/mol. The summed E-state index contributed by atoms with van der Waals surface area (Å²) in [4.78, 5) is 12.2. The molecule has 1 atom stereocenters. The van der Waals surface area contributed by atoms with Crippen molar-refractivity contribution in [2.75, 3.05) is 19.3 Å². The summed E-state index contributed by atoms with van der Waals surface area (Å²) in [5, 5.41) is 6.78. The van der Waals surface area contributed by atoms with Gasteiger partial charge in [0.1, 0.15) is 11.3 Å². The normalized spacial score (nSPS) is 18.2. The lowest BCUT2D eigenvalue weighted by Crippen LogP contribution is -2.49. The molecule has 1 aliphatic rings. The first kappa shape index (κ1) is 17.8. The van der Waals surface area contributed by atoms with Crippen molar-refractivity contribution in [1.82, 2.24) is 14.9 Å². The predicted octanol–water partition coefficient (Wildman–Crippen LogP) is 2.22. The molecule has 25 heavy (non-hydrogen) atoms. The smallest absolute Gasteiger partial charge is 0.315 e. The van der Waals surface area contributed by atoms with E-state index in [2.05, 4.69) is 10.6 Å². The van der Waals surface area contributed by atoms with Gasteiger partial charge < -0.3 is 15.1 Å². The van der Waals surface area contributed by atoms with Crippen LogP contribution in [0.15, 0.2) is 34.7 Å². The van der Waals surface area contributed by atoms with Crippen molar-refractivity contribution in [1.29, 1.82) is 0 Å². The molecule has 136 valence electrons. The molecule has 1 aromatic heterocycles. The fraction of sp³-hybridized carbons (Fsp3) is 0.471. The van der Waals surface area contributed by atoms with Crippen LogP contribution in [0.4, 0.5) is 4.79 Å². The van der Waals surface area contributed by atoms with E-state index >= 15 is 0 Å². The highest BCUT2D eigenvalue weighted by Gasteiger charge is 2.26. The average molecular weight is 365 g/mol. The van der Waals surface area contributed by atoms with Gasteiger partial charge in [0.05, 0.1) is 12.3 Å². The van der Waals surface area contributed by atoms with Crippen LogP contribution in [0.1, 0.15) is 31.6 Å². The Balaban J connectivity index is 1.52. The number of rotatable bonds is 4. The standard InChI is InChI=1S/C17H23N3O4S/c1-12(16-11-13-5-3-4-6-15(13)24-16)18-17(21)19-14-7-9-20(10-8-14)25(2,22)23/h3-6,11-12,14H,7-10H2,1-2H3,(H2,18,19,21)/t12-/m1/s1. The van der Waals surface area contributed by atoms with E-state index in [1.807, 2.05) is 37.3 Å². The molecule has 0 saturated carbocycles. The van der Waals surface area contributed by atoms with Crippen LogP contribution in [0.5, 0.6) is 0 Å². The number of carbonyl (C=O) groups excluding carboxylic acids is 1. The van der Waals surface area contributed by atoms with Crippen LogP contribution in [0.25, 0.3) is 11.0 Å². The zero-order valence-electron chi connectivity index (χ0n) is 14.4. The Bertz CT molecular complexity index is 821. The number of nitrogens with zero attached hydrogens (tertiary/aromatic N) is 1. The summed E-state index contributed by atoms with van der Waals surface area (Å²) >= 11 is 0. The van der Waals surface area contributed by atoms with Crippen LogP contribution in [-0.4, -0.2) is 44.1 Å². The third-order valence-electron chi connectivity index (χ3n) is 4.48. The molecule has 0 spiro atoms. The zero-order chi connectivity index (χ0) is 18.0. The largest absolute Gasteiger partial charge is 0.459 e. The van der Waals surface area contributed by atoms with Crippen LogP contribution < -0.4 is 10.6 Å². The molecule has 7 nitrogen and oxygen atoms in total. The number of furan rings is 1. The molecule has 2 N–H and O–H groups in total. The van der Waals surface area contributed by atoms with Gasteiger partial charge in [-0.1, -0.05) is 18.2 Å². The molecule has 1 fully saturated rings. The highest BCUT2D eigenvalue weighted by molar-refractivity contribution is 7.88. The van der Waals surface area contributed by atoms with E-state index in [0.29, 0.717) is 31.7 Å². The summed E-state index contributed by atoms with van der Waals surface area (Å²) in [5.74, 6) is 0.697. The minimum atomic E-state index is -3.15. The summed E-state index contributed by atoms with van der Waals surface area (Å²) in [6, 6.07) is 9.06. The fourth-order valence-electron chi connectivity index (χ4n) is 3.04. The number of carbonyl (C=O) groups is 1. The van der Waals surface area contributed by atoms with E-state index in [4.69, 9.17) is 4.42 Å². The lowest BCUT2D eigenvalue weighted by atomic mass is 10.1. The average Bonchev–Trinajstić information content (AvgIpc) is 2.98. The van der Waals surface area contributed by atoms with Crippen molar-refractivity contribution in [3.8, 4) is 0 Å². The first-order valence-corrected chi connectivity index (χ1v) is 10.2. The molecule has 0 radical (unpaired) electrons. The molecule has 8 heteroatoms. The summed E-state index contributed by atoms with van der Waals surface area (Å²) in [6.07, 6.45) is 2.43. The number of benzene rings is 1. The number of urea groups is 1. The van der Waals surface area contributed by atoms with Gasteiger partial charge in [-0.3, -0.25) is 0 Å². The third kappa shape index (κ3) is 4.32. The zero-order valence-corrected chi connectivity index (χ0v) is 15.2. The lowest BCUT2D eigenvalue weighted by Gasteiger charge is -2.30. The van der Waals surface area contributed by atoms with Crippen LogP contribution in [0.2, 0.25) is 0 Å². The quantitative estimate of drug-likeness (QED) is 0.869. The summed E-state index contributed by atoms with van der Waals surface area (Å²) in [6.45, 7) is 2.73. The molecule has 2 aromatic rings. The molecule has 0 bridgehead atoms. The van der Waals surface area contributed by atoms with E-state index in [1.165, 1.54) is 10.6 Å². The van der Waals surface area contributed by atoms with E-state index in [0.717, 1.165) is 11.0 Å². The third-order valence-corrected chi connectivity index (χ3v) is 5.78.